The van der Waals surface area contributed by atoms with Gasteiger partial charge in [0.2, 0.25) is 0 Å². The van der Waals surface area contributed by atoms with E-state index in [2.05, 4.69) is 17.1 Å². The van der Waals surface area contributed by atoms with Crippen molar-refractivity contribution in [3.63, 3.8) is 0 Å². The van der Waals surface area contributed by atoms with Gasteiger partial charge in [0.05, 0.1) is 0 Å². The molecule has 4 nitrogen and oxygen atoms in total. The first-order chi connectivity index (χ1) is 10.1. The lowest BCUT2D eigenvalue weighted by molar-refractivity contribution is 0.0631. The second-order valence-electron chi connectivity index (χ2n) is 5.07. The lowest BCUT2D eigenvalue weighted by Gasteiger charge is -2.26. The zero-order valence-electron chi connectivity index (χ0n) is 11.7. The minimum absolute atomic E-state index is 0.502. The Hall–Kier alpha value is -1.67. The molecule has 21 heavy (non-hydrogen) atoms. The third-order valence-electron chi connectivity index (χ3n) is 3.27. The van der Waals surface area contributed by atoms with E-state index in [1.807, 2.05) is 12.3 Å². The Morgan fingerprint density at radius 1 is 1.29 bits per heavy atom. The first-order valence-corrected chi connectivity index (χ1v) is 7.26. The van der Waals surface area contributed by atoms with Crippen LogP contribution in [0.4, 0.5) is 0 Å². The van der Waals surface area contributed by atoms with Crippen LogP contribution >= 0.6 is 11.6 Å². The van der Waals surface area contributed by atoms with Crippen LogP contribution in [-0.4, -0.2) is 22.2 Å². The molecule has 0 saturated heterocycles. The van der Waals surface area contributed by atoms with E-state index in [0.29, 0.717) is 6.61 Å². The first-order valence-electron chi connectivity index (χ1n) is 6.88. The van der Waals surface area contributed by atoms with Crippen molar-refractivity contribution in [1.29, 1.82) is 5.26 Å². The first kappa shape index (κ1) is 15.7. The normalized spacial score (nSPS) is 27.5. The second kappa shape index (κ2) is 6.86. The predicted molar refractivity (Wildman–Crippen MR) is 82.5 cm³/mol. The van der Waals surface area contributed by atoms with E-state index in [4.69, 9.17) is 22.1 Å². The molecule has 0 amide bonds. The van der Waals surface area contributed by atoms with Crippen molar-refractivity contribution in [1.82, 2.24) is 4.98 Å². The van der Waals surface area contributed by atoms with Crippen LogP contribution in [0.1, 0.15) is 18.4 Å². The average Bonchev–Trinajstić information content (AvgIpc) is 2.50. The fraction of sp³-hybridized carbons (Fsp3) is 0.375. The summed E-state index contributed by atoms with van der Waals surface area (Å²) in [6, 6.07) is 6.13. The van der Waals surface area contributed by atoms with E-state index >= 15 is 0 Å². The van der Waals surface area contributed by atoms with E-state index in [9.17, 15) is 5.26 Å². The smallest absolute Gasteiger partial charge is 0.191 e. The Labute approximate surface area is 129 Å². The fourth-order valence-corrected chi connectivity index (χ4v) is 2.16. The molecule has 2 rings (SSSR count). The Morgan fingerprint density at radius 3 is 2.67 bits per heavy atom. The summed E-state index contributed by atoms with van der Waals surface area (Å²) in [6.07, 6.45) is 12.8. The van der Waals surface area contributed by atoms with Gasteiger partial charge in [0.15, 0.2) is 5.60 Å². The van der Waals surface area contributed by atoms with Gasteiger partial charge in [0, 0.05) is 19.0 Å². The molecule has 110 valence electrons. The van der Waals surface area contributed by atoms with Gasteiger partial charge in [0.1, 0.15) is 11.1 Å². The van der Waals surface area contributed by atoms with Gasteiger partial charge in [-0.05, 0) is 55.2 Å². The largest absolute Gasteiger partial charge is 0.353 e. The van der Waals surface area contributed by atoms with Crippen molar-refractivity contribution < 1.29 is 4.74 Å². The molecular weight excluding hydrogens is 286 g/mol. The lowest BCUT2D eigenvalue weighted by atomic mass is 9.97. The molecule has 2 N–H and O–H groups in total. The average molecular weight is 304 g/mol. The summed E-state index contributed by atoms with van der Waals surface area (Å²) in [7, 11) is 0. The molecule has 1 aromatic heterocycles. The summed E-state index contributed by atoms with van der Waals surface area (Å²) in [5, 5.41) is 9.28. The van der Waals surface area contributed by atoms with Crippen LogP contribution in [0.15, 0.2) is 48.8 Å². The second-order valence-corrected chi connectivity index (χ2v) is 5.72. The van der Waals surface area contributed by atoms with Gasteiger partial charge in [-0.3, -0.25) is 4.98 Å². The zero-order valence-corrected chi connectivity index (χ0v) is 12.5. The van der Waals surface area contributed by atoms with Gasteiger partial charge >= 0.3 is 0 Å². The Balaban J connectivity index is 1.75. The Bertz CT molecular complexity index is 545. The summed E-state index contributed by atoms with van der Waals surface area (Å²) < 4.78 is 5.69. The quantitative estimate of drug-likeness (QED) is 0.379. The van der Waals surface area contributed by atoms with Crippen molar-refractivity contribution in [3.05, 3.63) is 54.4 Å². The number of rotatable bonds is 6. The summed E-state index contributed by atoms with van der Waals surface area (Å²) in [4.78, 5) is 3.05. The third kappa shape index (κ3) is 4.68. The Morgan fingerprint density at radius 2 is 2.05 bits per heavy atom. The molecule has 0 unspecified atom stereocenters. The van der Waals surface area contributed by atoms with Gasteiger partial charge in [-0.1, -0.05) is 17.7 Å². The highest BCUT2D eigenvalue weighted by Crippen LogP contribution is 2.25. The maximum Gasteiger partial charge on any atom is 0.191 e. The van der Waals surface area contributed by atoms with Gasteiger partial charge in [-0.15, -0.1) is 0 Å². The van der Waals surface area contributed by atoms with E-state index in [1.54, 1.807) is 30.5 Å². The monoisotopic (exact) mass is 303 g/mol. The van der Waals surface area contributed by atoms with Crippen LogP contribution in [0.3, 0.4) is 0 Å². The highest BCUT2D eigenvalue weighted by Gasteiger charge is 2.31. The van der Waals surface area contributed by atoms with Crippen LogP contribution in [0.25, 0.3) is 0 Å². The number of aromatic nitrogens is 1. The maximum atomic E-state index is 9.28. The van der Waals surface area contributed by atoms with Gasteiger partial charge < -0.3 is 10.5 Å². The number of ether oxygens (including phenoxy) is 1. The van der Waals surface area contributed by atoms with Crippen molar-refractivity contribution in [2.24, 2.45) is 5.73 Å². The van der Waals surface area contributed by atoms with Crippen molar-refractivity contribution in [2.45, 2.75) is 29.9 Å². The molecule has 0 fully saturated rings. The number of halogens is 1. The van der Waals surface area contributed by atoms with Gasteiger partial charge in [-0.2, -0.15) is 5.26 Å². The number of hydrogen-bond donors (Lipinski definition) is 1. The van der Waals surface area contributed by atoms with Crippen LogP contribution in [0.5, 0.6) is 0 Å². The minimum atomic E-state index is -1.05. The van der Waals surface area contributed by atoms with Crippen molar-refractivity contribution in [2.75, 3.05) is 6.61 Å². The van der Waals surface area contributed by atoms with Crippen molar-refractivity contribution in [3.8, 4) is 6.07 Å². The lowest BCUT2D eigenvalue weighted by Crippen LogP contribution is -2.36. The SMILES string of the molecule is N#CC1(OCCCCc2cccnc2)C=CC(N)(Cl)C=C1. The molecule has 0 saturated carbocycles. The summed E-state index contributed by atoms with van der Waals surface area (Å²) in [5.74, 6) is 0. The van der Waals surface area contributed by atoms with Gasteiger partial charge in [-0.25, -0.2) is 0 Å². The van der Waals surface area contributed by atoms with E-state index in [1.165, 1.54) is 5.56 Å². The number of nitriles is 1. The van der Waals surface area contributed by atoms with E-state index < -0.39 is 10.6 Å². The summed E-state index contributed by atoms with van der Waals surface area (Å²) in [6.45, 7) is 0.502. The Kier molecular flexibility index (Phi) is 5.13. The standard InChI is InChI=1S/C16H18ClN3O/c17-16(19)8-6-15(13-18,7-9-16)21-11-2-1-4-14-5-3-10-20-12-14/h3,5-10,12H,1-2,4,11,19H2. The van der Waals surface area contributed by atoms with E-state index in [-0.39, 0.29) is 0 Å². The van der Waals surface area contributed by atoms with Crippen molar-refractivity contribution >= 4 is 11.6 Å². The number of pyridine rings is 1. The molecular formula is C16H18ClN3O. The van der Waals surface area contributed by atoms with Crippen LogP contribution < -0.4 is 5.73 Å². The molecule has 1 aliphatic carbocycles. The number of hydrogen-bond acceptors (Lipinski definition) is 4. The number of aryl methyl sites for hydroxylation is 1. The molecule has 1 aliphatic rings. The molecule has 0 radical (unpaired) electrons. The molecule has 1 aromatic rings. The predicted octanol–water partition coefficient (Wildman–Crippen LogP) is 2.70. The number of alkyl halides is 1. The molecule has 0 aromatic carbocycles. The molecule has 5 heteroatoms. The molecule has 0 atom stereocenters. The van der Waals surface area contributed by atoms with Crippen LogP contribution in [0.2, 0.25) is 0 Å². The van der Waals surface area contributed by atoms with Gasteiger partial charge in [0.25, 0.3) is 0 Å². The van der Waals surface area contributed by atoms with Crippen LogP contribution in [-0.2, 0) is 11.2 Å². The zero-order chi connectivity index (χ0) is 15.2. The molecule has 0 aliphatic heterocycles. The summed E-state index contributed by atoms with van der Waals surface area (Å²) >= 11 is 5.94. The minimum Gasteiger partial charge on any atom is -0.353 e. The number of nitrogens with two attached hydrogens (primary N) is 1. The summed E-state index contributed by atoms with van der Waals surface area (Å²) in [5.41, 5.74) is 5.87. The molecule has 0 spiro atoms. The highest BCUT2D eigenvalue weighted by molar-refractivity contribution is 6.26. The van der Waals surface area contributed by atoms with Crippen LogP contribution in [0, 0.1) is 11.3 Å². The fourth-order valence-electron chi connectivity index (χ4n) is 2.04. The number of nitrogens with zero attached hydrogens (tertiary/aromatic N) is 2. The molecule has 0 bridgehead atoms. The van der Waals surface area contributed by atoms with E-state index in [0.717, 1.165) is 19.3 Å². The topological polar surface area (TPSA) is 71.9 Å². The number of unbranched alkanes of at least 4 members (excludes halogenated alkanes) is 1. The molecule has 1 heterocycles. The third-order valence-corrected chi connectivity index (χ3v) is 3.52. The maximum absolute atomic E-state index is 9.28. The highest BCUT2D eigenvalue weighted by atomic mass is 35.5.